The van der Waals surface area contributed by atoms with Gasteiger partial charge in [0.25, 0.3) is 0 Å². The monoisotopic (exact) mass is 302 g/mol. The van der Waals surface area contributed by atoms with E-state index in [9.17, 15) is 0 Å². The Balaban J connectivity index is 2.96. The van der Waals surface area contributed by atoms with E-state index in [-0.39, 0.29) is 13.2 Å². The van der Waals surface area contributed by atoms with Crippen LogP contribution in [0.5, 0.6) is 0 Å². The zero-order chi connectivity index (χ0) is 15.6. The summed E-state index contributed by atoms with van der Waals surface area (Å²) in [6, 6.07) is 0. The lowest BCUT2D eigenvalue weighted by Gasteiger charge is -2.08. The highest BCUT2D eigenvalue weighted by molar-refractivity contribution is 4.50. The standard InChI is InChI=1S/C18H38O3/c1-2-3-4-5-6-7-8-9-10-11-12-13-14-15-21-17-18(20)16-19/h18-20H,2-17H2,1H3/t18-/m1/s1. The summed E-state index contributed by atoms with van der Waals surface area (Å²) in [6.07, 6.45) is 16.8. The summed E-state index contributed by atoms with van der Waals surface area (Å²) in [4.78, 5) is 0. The number of rotatable bonds is 17. The molecular formula is C18H38O3. The van der Waals surface area contributed by atoms with Crippen molar-refractivity contribution in [1.82, 2.24) is 0 Å². The lowest BCUT2D eigenvalue weighted by Crippen LogP contribution is -2.19. The molecule has 0 aromatic rings. The molecular weight excluding hydrogens is 264 g/mol. The van der Waals surface area contributed by atoms with Gasteiger partial charge in [-0.25, -0.2) is 0 Å². The Morgan fingerprint density at radius 3 is 1.57 bits per heavy atom. The zero-order valence-corrected chi connectivity index (χ0v) is 14.2. The van der Waals surface area contributed by atoms with Gasteiger partial charge in [0, 0.05) is 6.61 Å². The van der Waals surface area contributed by atoms with Gasteiger partial charge in [-0.15, -0.1) is 0 Å². The van der Waals surface area contributed by atoms with E-state index in [2.05, 4.69) is 6.92 Å². The fourth-order valence-electron chi connectivity index (χ4n) is 2.49. The molecule has 0 aliphatic heterocycles. The molecule has 3 nitrogen and oxygen atoms in total. The van der Waals surface area contributed by atoms with Crippen molar-refractivity contribution >= 4 is 0 Å². The third kappa shape index (κ3) is 17.8. The average molecular weight is 302 g/mol. The predicted molar refractivity (Wildman–Crippen MR) is 89.6 cm³/mol. The maximum Gasteiger partial charge on any atom is 0.100 e. The second kappa shape index (κ2) is 17.9. The Morgan fingerprint density at radius 2 is 1.14 bits per heavy atom. The third-order valence-electron chi connectivity index (χ3n) is 3.91. The molecule has 0 rings (SSSR count). The maximum atomic E-state index is 9.09. The van der Waals surface area contributed by atoms with E-state index in [4.69, 9.17) is 14.9 Å². The van der Waals surface area contributed by atoms with Gasteiger partial charge in [0.15, 0.2) is 0 Å². The molecule has 3 heteroatoms. The largest absolute Gasteiger partial charge is 0.394 e. The third-order valence-corrected chi connectivity index (χ3v) is 3.91. The summed E-state index contributed by atoms with van der Waals surface area (Å²) in [5.74, 6) is 0. The molecule has 0 aromatic carbocycles. The normalized spacial score (nSPS) is 12.7. The summed E-state index contributed by atoms with van der Waals surface area (Å²) in [6.45, 7) is 3.02. The molecule has 21 heavy (non-hydrogen) atoms. The molecule has 0 spiro atoms. The van der Waals surface area contributed by atoms with Crippen molar-refractivity contribution in [3.63, 3.8) is 0 Å². The SMILES string of the molecule is CCCCCCCCCCCCCCCOC[C@H](O)CO. The van der Waals surface area contributed by atoms with E-state index in [1.807, 2.05) is 0 Å². The van der Waals surface area contributed by atoms with Crippen molar-refractivity contribution in [3.8, 4) is 0 Å². The van der Waals surface area contributed by atoms with Crippen LogP contribution >= 0.6 is 0 Å². The van der Waals surface area contributed by atoms with E-state index in [1.54, 1.807) is 0 Å². The number of hydrogen-bond donors (Lipinski definition) is 2. The first-order valence-corrected chi connectivity index (χ1v) is 9.18. The van der Waals surface area contributed by atoms with Gasteiger partial charge in [0.2, 0.25) is 0 Å². The van der Waals surface area contributed by atoms with Gasteiger partial charge < -0.3 is 14.9 Å². The van der Waals surface area contributed by atoms with Crippen LogP contribution in [0.2, 0.25) is 0 Å². The minimum atomic E-state index is -0.716. The van der Waals surface area contributed by atoms with Crippen LogP contribution in [0.15, 0.2) is 0 Å². The molecule has 128 valence electrons. The van der Waals surface area contributed by atoms with Crippen LogP contribution in [0.3, 0.4) is 0 Å². The van der Waals surface area contributed by atoms with Crippen molar-refractivity contribution < 1.29 is 14.9 Å². The van der Waals surface area contributed by atoms with Crippen molar-refractivity contribution in [2.75, 3.05) is 19.8 Å². The number of ether oxygens (including phenoxy) is 1. The Bertz CT molecular complexity index is 185. The first kappa shape index (κ1) is 20.9. The van der Waals surface area contributed by atoms with Gasteiger partial charge in [-0.1, -0.05) is 84.0 Å². The number of aliphatic hydroxyl groups excluding tert-OH is 2. The highest BCUT2D eigenvalue weighted by Crippen LogP contribution is 2.12. The number of hydrogen-bond acceptors (Lipinski definition) is 3. The van der Waals surface area contributed by atoms with Gasteiger partial charge >= 0.3 is 0 Å². The van der Waals surface area contributed by atoms with Crippen LogP contribution in [0, 0.1) is 0 Å². The summed E-state index contributed by atoms with van der Waals surface area (Å²) in [5.41, 5.74) is 0. The van der Waals surface area contributed by atoms with Crippen LogP contribution in [-0.4, -0.2) is 36.1 Å². The first-order valence-electron chi connectivity index (χ1n) is 9.18. The molecule has 0 bridgehead atoms. The highest BCUT2D eigenvalue weighted by Gasteiger charge is 2.00. The van der Waals surface area contributed by atoms with Crippen LogP contribution in [-0.2, 0) is 4.74 Å². The fourth-order valence-corrected chi connectivity index (χ4v) is 2.49. The minimum Gasteiger partial charge on any atom is -0.394 e. The summed E-state index contributed by atoms with van der Waals surface area (Å²) in [5, 5.41) is 17.7. The Labute approximate surface area is 132 Å². The van der Waals surface area contributed by atoms with Gasteiger partial charge in [0.1, 0.15) is 6.10 Å². The molecule has 1 atom stereocenters. The molecule has 0 saturated carbocycles. The Morgan fingerprint density at radius 1 is 0.714 bits per heavy atom. The topological polar surface area (TPSA) is 49.7 Å². The summed E-state index contributed by atoms with van der Waals surface area (Å²) in [7, 11) is 0. The predicted octanol–water partition coefficient (Wildman–Crippen LogP) is 4.45. The number of unbranched alkanes of at least 4 members (excludes halogenated alkanes) is 12. The molecule has 0 unspecified atom stereocenters. The average Bonchev–Trinajstić information content (AvgIpc) is 2.50. The van der Waals surface area contributed by atoms with Crippen LogP contribution in [0.25, 0.3) is 0 Å². The first-order chi connectivity index (χ1) is 10.3. The van der Waals surface area contributed by atoms with Crippen molar-refractivity contribution in [1.29, 1.82) is 0 Å². The summed E-state index contributed by atoms with van der Waals surface area (Å²) < 4.78 is 5.28. The van der Waals surface area contributed by atoms with Gasteiger partial charge in [0.05, 0.1) is 13.2 Å². The second-order valence-corrected chi connectivity index (χ2v) is 6.15. The van der Waals surface area contributed by atoms with Crippen LogP contribution in [0.4, 0.5) is 0 Å². The molecule has 0 radical (unpaired) electrons. The van der Waals surface area contributed by atoms with E-state index < -0.39 is 6.10 Å². The second-order valence-electron chi connectivity index (χ2n) is 6.15. The van der Waals surface area contributed by atoms with Crippen LogP contribution < -0.4 is 0 Å². The quantitative estimate of drug-likeness (QED) is 0.390. The van der Waals surface area contributed by atoms with Crippen molar-refractivity contribution in [3.05, 3.63) is 0 Å². The molecule has 2 N–H and O–H groups in total. The van der Waals surface area contributed by atoms with Crippen LogP contribution in [0.1, 0.15) is 90.4 Å². The molecule has 0 fully saturated rings. The lowest BCUT2D eigenvalue weighted by molar-refractivity contribution is 0.00526. The van der Waals surface area contributed by atoms with E-state index in [1.165, 1.54) is 77.0 Å². The Kier molecular flexibility index (Phi) is 17.8. The van der Waals surface area contributed by atoms with Gasteiger partial charge in [-0.05, 0) is 6.42 Å². The summed E-state index contributed by atoms with van der Waals surface area (Å²) >= 11 is 0. The van der Waals surface area contributed by atoms with Crippen molar-refractivity contribution in [2.24, 2.45) is 0 Å². The maximum absolute atomic E-state index is 9.09. The molecule has 0 heterocycles. The number of aliphatic hydroxyl groups is 2. The fraction of sp³-hybridized carbons (Fsp3) is 1.00. The molecule has 0 amide bonds. The molecule has 0 aliphatic rings. The lowest BCUT2D eigenvalue weighted by atomic mass is 10.0. The van der Waals surface area contributed by atoms with E-state index in [0.717, 1.165) is 6.42 Å². The molecule has 0 aromatic heterocycles. The van der Waals surface area contributed by atoms with Gasteiger partial charge in [-0.3, -0.25) is 0 Å². The van der Waals surface area contributed by atoms with Gasteiger partial charge in [-0.2, -0.15) is 0 Å². The minimum absolute atomic E-state index is 0.210. The highest BCUT2D eigenvalue weighted by atomic mass is 16.5. The molecule has 0 aliphatic carbocycles. The van der Waals surface area contributed by atoms with E-state index in [0.29, 0.717) is 6.61 Å². The van der Waals surface area contributed by atoms with Crippen molar-refractivity contribution in [2.45, 2.75) is 96.5 Å². The Hall–Kier alpha value is -0.120. The molecule has 0 saturated heterocycles. The zero-order valence-electron chi connectivity index (χ0n) is 14.2. The smallest absolute Gasteiger partial charge is 0.100 e. The van der Waals surface area contributed by atoms with E-state index >= 15 is 0 Å².